The lowest BCUT2D eigenvalue weighted by atomic mass is 10.0. The van der Waals surface area contributed by atoms with Gasteiger partial charge in [0.2, 0.25) is 5.88 Å². The molecule has 0 radical (unpaired) electrons. The lowest BCUT2D eigenvalue weighted by Crippen LogP contribution is -2.14. The zero-order valence-corrected chi connectivity index (χ0v) is 15.5. The van der Waals surface area contributed by atoms with Crippen molar-refractivity contribution in [1.29, 1.82) is 0 Å². The minimum atomic E-state index is 0.895. The van der Waals surface area contributed by atoms with Crippen molar-refractivity contribution >= 4 is 29.4 Å². The highest BCUT2D eigenvalue weighted by atomic mass is 16.4. The molecule has 0 N–H and O–H groups in total. The van der Waals surface area contributed by atoms with Gasteiger partial charge in [-0.1, -0.05) is 35.4 Å². The summed E-state index contributed by atoms with van der Waals surface area (Å²) in [6, 6.07) is 13.2. The van der Waals surface area contributed by atoms with Crippen LogP contribution >= 0.6 is 0 Å². The smallest absolute Gasteiger partial charge is 0.211 e. The summed E-state index contributed by atoms with van der Waals surface area (Å²) in [5.74, 6) is 1.82. The van der Waals surface area contributed by atoms with Gasteiger partial charge in [0.1, 0.15) is 5.76 Å². The van der Waals surface area contributed by atoms with E-state index >= 15 is 0 Å². The van der Waals surface area contributed by atoms with Crippen molar-refractivity contribution < 1.29 is 4.42 Å². The molecule has 0 spiro atoms. The van der Waals surface area contributed by atoms with Gasteiger partial charge in [0, 0.05) is 5.56 Å². The quantitative estimate of drug-likeness (QED) is 0.383. The van der Waals surface area contributed by atoms with Crippen molar-refractivity contribution in [3.8, 4) is 0 Å². The standard InChI is InChI=1S/C23H23NO/c1-14-6-9-21-19(12-14)7-8-20-13-18(5)25-23(20)24(21)22-16(3)10-15(2)11-17(22)4/h6-13H,1-5H3. The average Bonchev–Trinajstić information content (AvgIpc) is 2.83. The van der Waals surface area contributed by atoms with Gasteiger partial charge in [0.05, 0.1) is 11.4 Å². The van der Waals surface area contributed by atoms with Crippen LogP contribution in [0.15, 0.2) is 40.8 Å². The minimum Gasteiger partial charge on any atom is -0.444 e. The van der Waals surface area contributed by atoms with Gasteiger partial charge in [0.15, 0.2) is 0 Å². The summed E-state index contributed by atoms with van der Waals surface area (Å²) in [4.78, 5) is 2.28. The number of aryl methyl sites for hydroxylation is 5. The summed E-state index contributed by atoms with van der Waals surface area (Å²) in [7, 11) is 0. The molecule has 2 heterocycles. The SMILES string of the molecule is Cc1cc(C)c(N2c3ccc(C)cc3C=Cc3cc(C)oc32)c(C)c1. The van der Waals surface area contributed by atoms with Crippen LogP contribution in [0.4, 0.5) is 17.3 Å². The molecule has 4 rings (SSSR count). The number of nitrogens with zero attached hydrogens (tertiary/aromatic N) is 1. The Morgan fingerprint density at radius 2 is 1.40 bits per heavy atom. The van der Waals surface area contributed by atoms with E-state index in [9.17, 15) is 0 Å². The van der Waals surface area contributed by atoms with Crippen molar-refractivity contribution in [2.24, 2.45) is 0 Å². The van der Waals surface area contributed by atoms with Crippen LogP contribution in [0, 0.1) is 34.6 Å². The monoisotopic (exact) mass is 329 g/mol. The number of anilines is 3. The maximum absolute atomic E-state index is 6.15. The van der Waals surface area contributed by atoms with Crippen LogP contribution in [0.3, 0.4) is 0 Å². The molecule has 0 atom stereocenters. The summed E-state index contributed by atoms with van der Waals surface area (Å²) in [6.45, 7) is 10.6. The second-order valence-corrected chi connectivity index (χ2v) is 7.10. The molecule has 0 amide bonds. The van der Waals surface area contributed by atoms with Gasteiger partial charge in [-0.25, -0.2) is 0 Å². The number of furan rings is 1. The Morgan fingerprint density at radius 3 is 2.12 bits per heavy atom. The highest BCUT2D eigenvalue weighted by molar-refractivity contribution is 5.92. The van der Waals surface area contributed by atoms with Crippen LogP contribution in [0.1, 0.15) is 39.1 Å². The maximum atomic E-state index is 6.15. The van der Waals surface area contributed by atoms with Gasteiger partial charge in [-0.05, 0) is 75.6 Å². The summed E-state index contributed by atoms with van der Waals surface area (Å²) < 4.78 is 6.15. The molecule has 0 aliphatic carbocycles. The topological polar surface area (TPSA) is 16.4 Å². The maximum Gasteiger partial charge on any atom is 0.211 e. The molecule has 2 nitrogen and oxygen atoms in total. The van der Waals surface area contributed by atoms with Gasteiger partial charge in [-0.3, -0.25) is 4.90 Å². The third-order valence-corrected chi connectivity index (χ3v) is 4.79. The highest BCUT2D eigenvalue weighted by Crippen LogP contribution is 2.45. The largest absolute Gasteiger partial charge is 0.444 e. The number of benzene rings is 2. The molecule has 0 unspecified atom stereocenters. The van der Waals surface area contributed by atoms with Crippen molar-refractivity contribution in [1.82, 2.24) is 0 Å². The van der Waals surface area contributed by atoms with Crippen LogP contribution in [0.25, 0.3) is 12.2 Å². The normalized spacial score (nSPS) is 12.8. The lowest BCUT2D eigenvalue weighted by Gasteiger charge is -2.28. The van der Waals surface area contributed by atoms with Crippen LogP contribution in [0.2, 0.25) is 0 Å². The highest BCUT2D eigenvalue weighted by Gasteiger charge is 2.26. The molecule has 0 fully saturated rings. The van der Waals surface area contributed by atoms with Crippen LogP contribution in [0.5, 0.6) is 0 Å². The lowest BCUT2D eigenvalue weighted by molar-refractivity contribution is 0.541. The van der Waals surface area contributed by atoms with E-state index < -0.39 is 0 Å². The fourth-order valence-corrected chi connectivity index (χ4v) is 3.86. The van der Waals surface area contributed by atoms with Crippen molar-refractivity contribution in [3.05, 3.63) is 75.5 Å². The zero-order chi connectivity index (χ0) is 17.7. The number of fused-ring (bicyclic) bond motifs is 2. The summed E-state index contributed by atoms with van der Waals surface area (Å²) in [5.41, 5.74) is 9.74. The molecule has 2 aromatic carbocycles. The zero-order valence-electron chi connectivity index (χ0n) is 15.5. The Labute approximate surface area is 149 Å². The van der Waals surface area contributed by atoms with Crippen LogP contribution < -0.4 is 4.90 Å². The van der Waals surface area contributed by atoms with Crippen LogP contribution in [-0.4, -0.2) is 0 Å². The number of hydrogen-bond donors (Lipinski definition) is 0. The molecule has 1 aromatic heterocycles. The van der Waals surface area contributed by atoms with E-state index in [0.29, 0.717) is 0 Å². The molecule has 0 saturated carbocycles. The number of rotatable bonds is 1. The Hall–Kier alpha value is -2.74. The average molecular weight is 329 g/mol. The first-order valence-electron chi connectivity index (χ1n) is 8.71. The molecule has 0 bridgehead atoms. The molecule has 3 aromatic rings. The van der Waals surface area contributed by atoms with Crippen molar-refractivity contribution in [2.75, 3.05) is 4.90 Å². The first-order valence-corrected chi connectivity index (χ1v) is 8.71. The van der Waals surface area contributed by atoms with Gasteiger partial charge in [-0.15, -0.1) is 0 Å². The Balaban J connectivity index is 2.06. The summed E-state index contributed by atoms with van der Waals surface area (Å²) in [6.07, 6.45) is 4.35. The fraction of sp³-hybridized carbons (Fsp3) is 0.217. The molecule has 126 valence electrons. The molecule has 1 aliphatic heterocycles. The number of hydrogen-bond acceptors (Lipinski definition) is 2. The third kappa shape index (κ3) is 2.58. The van der Waals surface area contributed by atoms with Crippen molar-refractivity contribution in [2.45, 2.75) is 34.6 Å². The molecular weight excluding hydrogens is 306 g/mol. The van der Waals surface area contributed by atoms with E-state index in [1.54, 1.807) is 0 Å². The van der Waals surface area contributed by atoms with E-state index in [-0.39, 0.29) is 0 Å². The van der Waals surface area contributed by atoms with Gasteiger partial charge in [-0.2, -0.15) is 0 Å². The van der Waals surface area contributed by atoms with E-state index in [0.717, 1.165) is 22.9 Å². The van der Waals surface area contributed by atoms with E-state index in [1.807, 2.05) is 6.92 Å². The first kappa shape index (κ1) is 15.8. The van der Waals surface area contributed by atoms with Gasteiger partial charge < -0.3 is 4.42 Å². The first-order chi connectivity index (χ1) is 11.9. The molecule has 1 aliphatic rings. The minimum absolute atomic E-state index is 0.895. The second-order valence-electron chi connectivity index (χ2n) is 7.10. The summed E-state index contributed by atoms with van der Waals surface area (Å²) >= 11 is 0. The van der Waals surface area contributed by atoms with Crippen molar-refractivity contribution in [3.63, 3.8) is 0 Å². The van der Waals surface area contributed by atoms with E-state index in [4.69, 9.17) is 4.42 Å². The molecule has 0 saturated heterocycles. The second kappa shape index (κ2) is 5.66. The van der Waals surface area contributed by atoms with Crippen LogP contribution in [-0.2, 0) is 0 Å². The van der Waals surface area contributed by atoms with E-state index in [1.165, 1.54) is 33.5 Å². The molecule has 2 heteroatoms. The fourth-order valence-electron chi connectivity index (χ4n) is 3.86. The summed E-state index contributed by atoms with van der Waals surface area (Å²) in [5, 5.41) is 0. The Morgan fingerprint density at radius 1 is 0.720 bits per heavy atom. The van der Waals surface area contributed by atoms with E-state index in [2.05, 4.69) is 81.1 Å². The third-order valence-electron chi connectivity index (χ3n) is 4.79. The van der Waals surface area contributed by atoms with Gasteiger partial charge >= 0.3 is 0 Å². The Kier molecular flexibility index (Phi) is 3.57. The molecule has 25 heavy (non-hydrogen) atoms. The predicted octanol–water partition coefficient (Wildman–Crippen LogP) is 6.78. The predicted molar refractivity (Wildman–Crippen MR) is 106 cm³/mol. The Bertz CT molecular complexity index is 984. The van der Waals surface area contributed by atoms with Gasteiger partial charge in [0.25, 0.3) is 0 Å². The molecular formula is C23H23NO.